The number of rotatable bonds is 2. The van der Waals surface area contributed by atoms with Gasteiger partial charge in [0.25, 0.3) is 0 Å². The monoisotopic (exact) mass is 253 g/mol. The van der Waals surface area contributed by atoms with E-state index in [1.165, 1.54) is 0 Å². The van der Waals surface area contributed by atoms with Gasteiger partial charge in [-0.3, -0.25) is 0 Å². The lowest BCUT2D eigenvalue weighted by molar-refractivity contribution is 0.397. The van der Waals surface area contributed by atoms with Crippen LogP contribution in [-0.2, 0) is 0 Å². The molecule has 0 aromatic carbocycles. The van der Waals surface area contributed by atoms with Crippen LogP contribution in [0.15, 0.2) is 35.2 Å². The van der Waals surface area contributed by atoms with Crippen LogP contribution in [0.5, 0.6) is 5.88 Å². The summed E-state index contributed by atoms with van der Waals surface area (Å²) < 4.78 is 7.70. The molecule has 2 aromatic rings. The number of hydrogen-bond donors (Lipinski definition) is 0. The molecule has 0 bridgehead atoms. The molecule has 0 atom stereocenters. The van der Waals surface area contributed by atoms with Crippen molar-refractivity contribution in [3.8, 4) is 11.6 Å². The Morgan fingerprint density at radius 1 is 1.50 bits per heavy atom. The third kappa shape index (κ3) is 1.77. The van der Waals surface area contributed by atoms with E-state index in [-0.39, 0.29) is 0 Å². The molecule has 0 aliphatic rings. The molecule has 0 radical (unpaired) electrons. The van der Waals surface area contributed by atoms with E-state index in [0.29, 0.717) is 5.88 Å². The molecule has 2 heterocycles. The summed E-state index contributed by atoms with van der Waals surface area (Å²) in [5.74, 6) is 0.578. The molecule has 0 spiro atoms. The molecule has 0 unspecified atom stereocenters. The minimum Gasteiger partial charge on any atom is -0.481 e. The van der Waals surface area contributed by atoms with Crippen molar-refractivity contribution in [1.29, 1.82) is 0 Å². The first-order chi connectivity index (χ1) is 6.79. The number of hydrogen-bond acceptors (Lipinski definition) is 3. The third-order valence-corrected chi connectivity index (χ3v) is 2.15. The van der Waals surface area contributed by atoms with Gasteiger partial charge >= 0.3 is 0 Å². The van der Waals surface area contributed by atoms with Gasteiger partial charge < -0.3 is 4.74 Å². The van der Waals surface area contributed by atoms with Gasteiger partial charge in [0.2, 0.25) is 5.88 Å². The van der Waals surface area contributed by atoms with Crippen molar-refractivity contribution in [2.45, 2.75) is 0 Å². The fourth-order valence-corrected chi connectivity index (χ4v) is 1.38. The van der Waals surface area contributed by atoms with Gasteiger partial charge in [-0.2, -0.15) is 5.10 Å². The SMILES string of the molecule is COc1cc(-n2cc(Br)cn2)ccn1. The Morgan fingerprint density at radius 2 is 2.36 bits per heavy atom. The van der Waals surface area contributed by atoms with E-state index in [9.17, 15) is 0 Å². The van der Waals surface area contributed by atoms with Crippen molar-refractivity contribution in [2.75, 3.05) is 7.11 Å². The van der Waals surface area contributed by atoms with E-state index in [1.807, 2.05) is 18.3 Å². The Kier molecular flexibility index (Phi) is 2.49. The maximum Gasteiger partial charge on any atom is 0.215 e. The molecule has 0 aliphatic carbocycles. The van der Waals surface area contributed by atoms with E-state index < -0.39 is 0 Å². The number of aromatic nitrogens is 3. The molecule has 2 rings (SSSR count). The second-order valence-electron chi connectivity index (χ2n) is 2.66. The summed E-state index contributed by atoms with van der Waals surface area (Å²) in [7, 11) is 1.59. The Bertz CT molecular complexity index is 441. The van der Waals surface area contributed by atoms with Crippen molar-refractivity contribution in [3.05, 3.63) is 35.2 Å². The molecule has 0 amide bonds. The van der Waals surface area contributed by atoms with E-state index in [4.69, 9.17) is 4.74 Å². The van der Waals surface area contributed by atoms with Crippen molar-refractivity contribution in [1.82, 2.24) is 14.8 Å². The molecule has 2 aromatic heterocycles. The third-order valence-electron chi connectivity index (χ3n) is 1.74. The molecule has 14 heavy (non-hydrogen) atoms. The Morgan fingerprint density at radius 3 is 3.00 bits per heavy atom. The average Bonchev–Trinajstić information content (AvgIpc) is 2.65. The summed E-state index contributed by atoms with van der Waals surface area (Å²) in [6.07, 6.45) is 5.28. The number of halogens is 1. The van der Waals surface area contributed by atoms with Crippen molar-refractivity contribution in [3.63, 3.8) is 0 Å². The van der Waals surface area contributed by atoms with Crippen LogP contribution < -0.4 is 4.74 Å². The Labute approximate surface area is 89.7 Å². The lowest BCUT2D eigenvalue weighted by Gasteiger charge is -2.02. The number of methoxy groups -OCH3 is 1. The summed E-state index contributed by atoms with van der Waals surface area (Å²) in [5.41, 5.74) is 0.919. The molecule has 4 nitrogen and oxygen atoms in total. The van der Waals surface area contributed by atoms with Crippen molar-refractivity contribution >= 4 is 15.9 Å². The van der Waals surface area contributed by atoms with Gasteiger partial charge in [0.1, 0.15) is 0 Å². The van der Waals surface area contributed by atoms with Gasteiger partial charge in [0.05, 0.1) is 23.5 Å². The van der Waals surface area contributed by atoms with E-state index >= 15 is 0 Å². The molecule has 0 N–H and O–H groups in total. The molecular formula is C9H8BrN3O. The summed E-state index contributed by atoms with van der Waals surface area (Å²) in [6, 6.07) is 3.68. The quantitative estimate of drug-likeness (QED) is 0.823. The molecule has 0 aliphatic heterocycles. The summed E-state index contributed by atoms with van der Waals surface area (Å²) in [5, 5.41) is 4.15. The Balaban J connectivity index is 2.41. The second-order valence-corrected chi connectivity index (χ2v) is 3.58. The summed E-state index contributed by atoms with van der Waals surface area (Å²) >= 11 is 3.33. The highest BCUT2D eigenvalue weighted by Gasteiger charge is 2.00. The van der Waals surface area contributed by atoms with Gasteiger partial charge in [-0.25, -0.2) is 9.67 Å². The highest BCUT2D eigenvalue weighted by atomic mass is 79.9. The molecule has 0 fully saturated rings. The minimum atomic E-state index is 0.578. The smallest absolute Gasteiger partial charge is 0.215 e. The maximum atomic E-state index is 5.02. The largest absolute Gasteiger partial charge is 0.481 e. The zero-order valence-corrected chi connectivity index (χ0v) is 9.10. The van der Waals surface area contributed by atoms with Crippen LogP contribution in [-0.4, -0.2) is 21.9 Å². The van der Waals surface area contributed by atoms with Gasteiger partial charge in [0.15, 0.2) is 0 Å². The maximum absolute atomic E-state index is 5.02. The molecule has 0 saturated heterocycles. The van der Waals surface area contributed by atoms with Crippen LogP contribution in [0.3, 0.4) is 0 Å². The second kappa shape index (κ2) is 3.79. The predicted molar refractivity (Wildman–Crippen MR) is 55.6 cm³/mol. The number of nitrogens with zero attached hydrogens (tertiary/aromatic N) is 3. The standard InChI is InChI=1S/C9H8BrN3O/c1-14-9-4-8(2-3-11-9)13-6-7(10)5-12-13/h2-6H,1H3. The van der Waals surface area contributed by atoms with E-state index in [2.05, 4.69) is 26.0 Å². The minimum absolute atomic E-state index is 0.578. The molecule has 5 heteroatoms. The molecule has 72 valence electrons. The van der Waals surface area contributed by atoms with Gasteiger partial charge in [-0.1, -0.05) is 0 Å². The molecule has 0 saturated carbocycles. The van der Waals surface area contributed by atoms with E-state index in [0.717, 1.165) is 10.2 Å². The van der Waals surface area contributed by atoms with Gasteiger partial charge in [0, 0.05) is 18.5 Å². The fraction of sp³-hybridized carbons (Fsp3) is 0.111. The van der Waals surface area contributed by atoms with Crippen LogP contribution in [0.2, 0.25) is 0 Å². The van der Waals surface area contributed by atoms with Gasteiger partial charge in [-0.05, 0) is 22.0 Å². The zero-order chi connectivity index (χ0) is 9.97. The van der Waals surface area contributed by atoms with Crippen LogP contribution in [0.25, 0.3) is 5.69 Å². The van der Waals surface area contributed by atoms with Crippen LogP contribution in [0.4, 0.5) is 0 Å². The highest BCUT2D eigenvalue weighted by molar-refractivity contribution is 9.10. The lowest BCUT2D eigenvalue weighted by atomic mass is 10.4. The fourth-order valence-electron chi connectivity index (χ4n) is 1.10. The Hall–Kier alpha value is -1.36. The highest BCUT2D eigenvalue weighted by Crippen LogP contribution is 2.15. The topological polar surface area (TPSA) is 39.9 Å². The van der Waals surface area contributed by atoms with Gasteiger partial charge in [-0.15, -0.1) is 0 Å². The number of ether oxygens (including phenoxy) is 1. The summed E-state index contributed by atoms with van der Waals surface area (Å²) in [6.45, 7) is 0. The molecular weight excluding hydrogens is 246 g/mol. The first-order valence-electron chi connectivity index (χ1n) is 4.00. The van der Waals surface area contributed by atoms with Crippen molar-refractivity contribution < 1.29 is 4.74 Å². The number of pyridine rings is 1. The van der Waals surface area contributed by atoms with Crippen LogP contribution in [0, 0.1) is 0 Å². The summed E-state index contributed by atoms with van der Waals surface area (Å²) in [4.78, 5) is 4.02. The first kappa shape index (κ1) is 9.21. The zero-order valence-electron chi connectivity index (χ0n) is 7.51. The van der Waals surface area contributed by atoms with E-state index in [1.54, 1.807) is 24.2 Å². The normalized spacial score (nSPS) is 10.1. The average molecular weight is 254 g/mol. The first-order valence-corrected chi connectivity index (χ1v) is 4.79. The lowest BCUT2D eigenvalue weighted by Crippen LogP contribution is -1.95. The predicted octanol–water partition coefficient (Wildman–Crippen LogP) is 2.04. The van der Waals surface area contributed by atoms with Crippen molar-refractivity contribution in [2.24, 2.45) is 0 Å². The van der Waals surface area contributed by atoms with Crippen LogP contribution in [0.1, 0.15) is 0 Å². The van der Waals surface area contributed by atoms with Crippen LogP contribution >= 0.6 is 15.9 Å².